The molecule has 0 unspecified atom stereocenters. The van der Waals surface area contributed by atoms with Crippen molar-refractivity contribution in [1.82, 2.24) is 15.1 Å². The third kappa shape index (κ3) is 6.73. The Labute approximate surface area is 183 Å². The lowest BCUT2D eigenvalue weighted by Crippen LogP contribution is -2.35. The van der Waals surface area contributed by atoms with E-state index in [4.69, 9.17) is 9.47 Å². The fourth-order valence-electron chi connectivity index (χ4n) is 3.54. The number of amides is 2. The fourth-order valence-corrected chi connectivity index (χ4v) is 3.54. The zero-order chi connectivity index (χ0) is 22.2. The molecule has 0 radical (unpaired) electrons. The lowest BCUT2D eigenvalue weighted by atomic mass is 10.1. The van der Waals surface area contributed by atoms with Crippen molar-refractivity contribution in [3.63, 3.8) is 0 Å². The number of anilines is 1. The molecule has 8 nitrogen and oxygen atoms in total. The number of ether oxygens (including phenoxy) is 2. The van der Waals surface area contributed by atoms with Gasteiger partial charge in [0.05, 0.1) is 25.6 Å². The second kappa shape index (κ2) is 10.8. The Morgan fingerprint density at radius 2 is 2.00 bits per heavy atom. The van der Waals surface area contributed by atoms with E-state index in [1.165, 1.54) is 23.7 Å². The number of carbonyl (C=O) groups excluding carboxylic acids is 2. The molecule has 2 amide bonds. The average molecular weight is 429 g/mol. The van der Waals surface area contributed by atoms with Crippen molar-refractivity contribution in [2.45, 2.75) is 58.5 Å². The molecule has 31 heavy (non-hydrogen) atoms. The summed E-state index contributed by atoms with van der Waals surface area (Å²) in [4.78, 5) is 24.8. The second-order valence-corrected chi connectivity index (χ2v) is 8.33. The predicted molar refractivity (Wildman–Crippen MR) is 119 cm³/mol. The summed E-state index contributed by atoms with van der Waals surface area (Å²) in [5, 5.41) is 10.0. The van der Waals surface area contributed by atoms with Crippen LogP contribution >= 0.6 is 0 Å². The first-order valence-electron chi connectivity index (χ1n) is 10.9. The summed E-state index contributed by atoms with van der Waals surface area (Å²) < 4.78 is 12.7. The van der Waals surface area contributed by atoms with E-state index in [-0.39, 0.29) is 24.4 Å². The minimum atomic E-state index is -0.290. The molecule has 0 atom stereocenters. The van der Waals surface area contributed by atoms with Crippen LogP contribution in [0, 0.1) is 5.92 Å². The van der Waals surface area contributed by atoms with Gasteiger partial charge in [-0.1, -0.05) is 26.7 Å². The lowest BCUT2D eigenvalue weighted by molar-refractivity contribution is -0.122. The molecular formula is C23H32N4O4. The second-order valence-electron chi connectivity index (χ2n) is 8.33. The quantitative estimate of drug-likeness (QED) is 0.603. The van der Waals surface area contributed by atoms with E-state index in [0.717, 1.165) is 19.3 Å². The monoisotopic (exact) mass is 428 g/mol. The highest BCUT2D eigenvalue weighted by molar-refractivity contribution is 6.04. The van der Waals surface area contributed by atoms with Gasteiger partial charge in [-0.25, -0.2) is 0 Å². The minimum Gasteiger partial charge on any atom is -0.493 e. The SMILES string of the molecule is COc1cc(C(=O)Nc2cnn(CC(=O)NC3CCCC3)c2)ccc1OCCC(C)C. The number of carbonyl (C=O) groups is 2. The van der Waals surface area contributed by atoms with Crippen LogP contribution in [-0.2, 0) is 11.3 Å². The molecule has 1 aliphatic rings. The van der Waals surface area contributed by atoms with E-state index in [1.807, 2.05) is 0 Å². The molecule has 1 aliphatic carbocycles. The summed E-state index contributed by atoms with van der Waals surface area (Å²) in [6.45, 7) is 4.99. The van der Waals surface area contributed by atoms with E-state index in [0.29, 0.717) is 35.3 Å². The Hall–Kier alpha value is -3.03. The van der Waals surface area contributed by atoms with Gasteiger partial charge in [-0.2, -0.15) is 5.10 Å². The fraction of sp³-hybridized carbons (Fsp3) is 0.522. The van der Waals surface area contributed by atoms with Crippen LogP contribution in [0.3, 0.4) is 0 Å². The normalized spacial score (nSPS) is 13.9. The maximum absolute atomic E-state index is 12.6. The van der Waals surface area contributed by atoms with Crippen molar-refractivity contribution >= 4 is 17.5 Å². The summed E-state index contributed by atoms with van der Waals surface area (Å²) in [6, 6.07) is 5.36. The molecule has 8 heteroatoms. The number of aromatic nitrogens is 2. The van der Waals surface area contributed by atoms with Gasteiger partial charge in [-0.05, 0) is 43.4 Å². The standard InChI is InChI=1S/C23H32N4O4/c1-16(2)10-11-31-20-9-8-17(12-21(20)30-3)23(29)26-19-13-24-27(14-19)15-22(28)25-18-6-4-5-7-18/h8-9,12-14,16,18H,4-7,10-11,15H2,1-3H3,(H,25,28)(H,26,29). The number of rotatable bonds is 10. The van der Waals surface area contributed by atoms with Gasteiger partial charge in [-0.15, -0.1) is 0 Å². The Morgan fingerprint density at radius 3 is 2.71 bits per heavy atom. The maximum Gasteiger partial charge on any atom is 0.255 e. The average Bonchev–Trinajstić information content (AvgIpc) is 3.40. The summed E-state index contributed by atoms with van der Waals surface area (Å²) in [7, 11) is 1.55. The zero-order valence-corrected chi connectivity index (χ0v) is 18.5. The molecule has 168 valence electrons. The van der Waals surface area contributed by atoms with E-state index in [2.05, 4.69) is 29.6 Å². The third-order valence-corrected chi connectivity index (χ3v) is 5.30. The molecule has 0 saturated heterocycles. The number of hydrogen-bond donors (Lipinski definition) is 2. The summed E-state index contributed by atoms with van der Waals surface area (Å²) in [5.41, 5.74) is 0.967. The topological polar surface area (TPSA) is 94.5 Å². The number of nitrogens with one attached hydrogen (secondary N) is 2. The maximum atomic E-state index is 12.6. The van der Waals surface area contributed by atoms with Gasteiger partial charge in [0.25, 0.3) is 5.91 Å². The van der Waals surface area contributed by atoms with Gasteiger partial charge in [0.15, 0.2) is 11.5 Å². The highest BCUT2D eigenvalue weighted by atomic mass is 16.5. The van der Waals surface area contributed by atoms with Crippen molar-refractivity contribution in [2.75, 3.05) is 19.0 Å². The van der Waals surface area contributed by atoms with E-state index in [1.54, 1.807) is 31.5 Å². The van der Waals surface area contributed by atoms with E-state index >= 15 is 0 Å². The van der Waals surface area contributed by atoms with Crippen molar-refractivity contribution in [1.29, 1.82) is 0 Å². The van der Waals surface area contributed by atoms with Gasteiger partial charge >= 0.3 is 0 Å². The predicted octanol–water partition coefficient (Wildman–Crippen LogP) is 3.63. The van der Waals surface area contributed by atoms with Gasteiger partial charge in [0, 0.05) is 17.8 Å². The van der Waals surface area contributed by atoms with Crippen LogP contribution in [0.2, 0.25) is 0 Å². The summed E-state index contributed by atoms with van der Waals surface area (Å²) in [5.74, 6) is 1.31. The lowest BCUT2D eigenvalue weighted by Gasteiger charge is -2.13. The van der Waals surface area contributed by atoms with Crippen LogP contribution in [0.25, 0.3) is 0 Å². The number of benzene rings is 1. The Balaban J connectivity index is 1.55. The molecule has 1 aromatic heterocycles. The van der Waals surface area contributed by atoms with Gasteiger partial charge in [0.1, 0.15) is 6.54 Å². The van der Waals surface area contributed by atoms with Crippen LogP contribution in [0.4, 0.5) is 5.69 Å². The van der Waals surface area contributed by atoms with E-state index < -0.39 is 0 Å². The molecule has 1 saturated carbocycles. The first-order chi connectivity index (χ1) is 14.9. The highest BCUT2D eigenvalue weighted by Crippen LogP contribution is 2.28. The zero-order valence-electron chi connectivity index (χ0n) is 18.5. The minimum absolute atomic E-state index is 0.0642. The number of nitrogens with zero attached hydrogens (tertiary/aromatic N) is 2. The van der Waals surface area contributed by atoms with Crippen molar-refractivity contribution in [2.24, 2.45) is 5.92 Å². The smallest absolute Gasteiger partial charge is 0.255 e. The molecule has 2 aromatic rings. The molecule has 0 bridgehead atoms. The van der Waals surface area contributed by atoms with Crippen molar-refractivity contribution < 1.29 is 19.1 Å². The van der Waals surface area contributed by atoms with Crippen LogP contribution in [0.5, 0.6) is 11.5 Å². The molecule has 3 rings (SSSR count). The van der Waals surface area contributed by atoms with Crippen molar-refractivity contribution in [3.8, 4) is 11.5 Å². The van der Waals surface area contributed by atoms with Crippen LogP contribution in [0.1, 0.15) is 56.3 Å². The first kappa shape index (κ1) is 22.7. The van der Waals surface area contributed by atoms with Gasteiger partial charge < -0.3 is 20.1 Å². The Kier molecular flexibility index (Phi) is 7.92. The highest BCUT2D eigenvalue weighted by Gasteiger charge is 2.18. The molecule has 0 spiro atoms. The number of methoxy groups -OCH3 is 1. The molecule has 1 aromatic carbocycles. The largest absolute Gasteiger partial charge is 0.493 e. The molecule has 0 aliphatic heterocycles. The molecule has 1 heterocycles. The molecule has 2 N–H and O–H groups in total. The van der Waals surface area contributed by atoms with Gasteiger partial charge in [-0.3, -0.25) is 14.3 Å². The summed E-state index contributed by atoms with van der Waals surface area (Å²) >= 11 is 0. The van der Waals surface area contributed by atoms with Crippen LogP contribution in [0.15, 0.2) is 30.6 Å². The first-order valence-corrected chi connectivity index (χ1v) is 10.9. The van der Waals surface area contributed by atoms with Crippen LogP contribution < -0.4 is 20.1 Å². The Morgan fingerprint density at radius 1 is 1.23 bits per heavy atom. The van der Waals surface area contributed by atoms with E-state index in [9.17, 15) is 9.59 Å². The third-order valence-electron chi connectivity index (χ3n) is 5.30. The van der Waals surface area contributed by atoms with Crippen molar-refractivity contribution in [3.05, 3.63) is 36.2 Å². The molecule has 1 fully saturated rings. The molecular weight excluding hydrogens is 396 g/mol. The number of hydrogen-bond acceptors (Lipinski definition) is 5. The summed E-state index contributed by atoms with van der Waals surface area (Å²) in [6.07, 6.45) is 8.52. The Bertz CT molecular complexity index is 887. The van der Waals surface area contributed by atoms with Crippen LogP contribution in [-0.4, -0.2) is 41.4 Å². The van der Waals surface area contributed by atoms with Gasteiger partial charge in [0.2, 0.25) is 5.91 Å².